The van der Waals surface area contributed by atoms with Crippen molar-refractivity contribution >= 4 is 16.8 Å². The van der Waals surface area contributed by atoms with E-state index >= 15 is 0 Å². The number of nitrogens with one attached hydrogen (secondary N) is 2. The van der Waals surface area contributed by atoms with E-state index in [4.69, 9.17) is 0 Å². The molecule has 0 bridgehead atoms. The maximum atomic E-state index is 12.0. The molecule has 3 rings (SSSR count). The van der Waals surface area contributed by atoms with Gasteiger partial charge in [-0.15, -0.1) is 0 Å². The highest BCUT2D eigenvalue weighted by Gasteiger charge is 2.06. The lowest BCUT2D eigenvalue weighted by molar-refractivity contribution is -0.121. The van der Waals surface area contributed by atoms with Crippen LogP contribution in [-0.4, -0.2) is 22.0 Å². The third-order valence-electron chi connectivity index (χ3n) is 4.37. The molecule has 2 aromatic heterocycles. The number of hydrogen-bond acceptors (Lipinski definition) is 1. The fourth-order valence-corrected chi connectivity index (χ4v) is 3.03. The van der Waals surface area contributed by atoms with Gasteiger partial charge >= 0.3 is 0 Å². The molecule has 0 aliphatic carbocycles. The van der Waals surface area contributed by atoms with Crippen LogP contribution in [0.15, 0.2) is 42.6 Å². The molecule has 0 saturated heterocycles. The molecule has 4 nitrogen and oxygen atoms in total. The zero-order valence-corrected chi connectivity index (χ0v) is 13.7. The lowest BCUT2D eigenvalue weighted by atomic mass is 10.1. The summed E-state index contributed by atoms with van der Waals surface area (Å²) in [5.41, 5.74) is 4.80. The van der Waals surface area contributed by atoms with Gasteiger partial charge in [0.2, 0.25) is 5.91 Å². The van der Waals surface area contributed by atoms with E-state index in [9.17, 15) is 4.79 Å². The first-order valence-electron chi connectivity index (χ1n) is 8.09. The van der Waals surface area contributed by atoms with Crippen LogP contribution in [0.3, 0.4) is 0 Å². The summed E-state index contributed by atoms with van der Waals surface area (Å²) >= 11 is 0. The molecule has 4 heteroatoms. The molecule has 120 valence electrons. The van der Waals surface area contributed by atoms with Crippen molar-refractivity contribution in [1.29, 1.82) is 0 Å². The van der Waals surface area contributed by atoms with Crippen molar-refractivity contribution in [3.8, 4) is 0 Å². The fraction of sp³-hybridized carbons (Fsp3) is 0.316. The lowest BCUT2D eigenvalue weighted by Gasteiger charge is -2.09. The smallest absolute Gasteiger partial charge is 0.221 e. The molecule has 0 spiro atoms. The molecule has 2 N–H and O–H groups in total. The van der Waals surface area contributed by atoms with E-state index in [0.717, 1.165) is 18.5 Å². The van der Waals surface area contributed by atoms with Gasteiger partial charge in [0.25, 0.3) is 0 Å². The third-order valence-corrected chi connectivity index (χ3v) is 4.37. The van der Waals surface area contributed by atoms with E-state index in [1.807, 2.05) is 18.3 Å². The number of nitrogens with zero attached hydrogens (tertiary/aromatic N) is 1. The quantitative estimate of drug-likeness (QED) is 0.721. The minimum absolute atomic E-state index is 0.109. The van der Waals surface area contributed by atoms with Gasteiger partial charge in [0.15, 0.2) is 0 Å². The van der Waals surface area contributed by atoms with Crippen LogP contribution in [0.5, 0.6) is 0 Å². The molecule has 0 saturated carbocycles. The predicted molar refractivity (Wildman–Crippen MR) is 93.5 cm³/mol. The first kappa shape index (κ1) is 15.4. The van der Waals surface area contributed by atoms with E-state index in [-0.39, 0.29) is 5.91 Å². The van der Waals surface area contributed by atoms with E-state index in [1.54, 1.807) is 0 Å². The Kier molecular flexibility index (Phi) is 4.51. The number of aromatic nitrogens is 2. The van der Waals surface area contributed by atoms with Gasteiger partial charge in [0, 0.05) is 48.0 Å². The molecule has 1 amide bonds. The van der Waals surface area contributed by atoms with Gasteiger partial charge in [-0.25, -0.2) is 0 Å². The third kappa shape index (κ3) is 3.47. The molecule has 0 radical (unpaired) electrons. The van der Waals surface area contributed by atoms with Gasteiger partial charge in [-0.3, -0.25) is 4.79 Å². The van der Waals surface area contributed by atoms with Crippen LogP contribution < -0.4 is 5.32 Å². The summed E-state index contributed by atoms with van der Waals surface area (Å²) in [4.78, 5) is 15.3. The highest BCUT2D eigenvalue weighted by atomic mass is 16.1. The summed E-state index contributed by atoms with van der Waals surface area (Å²) in [6.07, 6.45) is 3.39. The maximum Gasteiger partial charge on any atom is 0.221 e. The summed E-state index contributed by atoms with van der Waals surface area (Å²) < 4.78 is 2.18. The van der Waals surface area contributed by atoms with Crippen LogP contribution in [0.25, 0.3) is 10.9 Å². The Balaban J connectivity index is 1.48. The van der Waals surface area contributed by atoms with Crippen LogP contribution in [0.2, 0.25) is 0 Å². The van der Waals surface area contributed by atoms with Crippen molar-refractivity contribution in [1.82, 2.24) is 14.9 Å². The molecular weight excluding hydrogens is 286 g/mol. The second kappa shape index (κ2) is 6.73. The van der Waals surface area contributed by atoms with Crippen molar-refractivity contribution in [2.45, 2.75) is 33.2 Å². The minimum atomic E-state index is 0.109. The first-order valence-corrected chi connectivity index (χ1v) is 8.09. The summed E-state index contributed by atoms with van der Waals surface area (Å²) in [6.45, 7) is 5.55. The van der Waals surface area contributed by atoms with E-state index in [2.05, 4.69) is 53.0 Å². The van der Waals surface area contributed by atoms with Gasteiger partial charge < -0.3 is 14.9 Å². The molecule has 1 aromatic carbocycles. The molecule has 0 aliphatic rings. The largest absolute Gasteiger partial charge is 0.361 e. The number of para-hydroxylation sites is 1. The summed E-state index contributed by atoms with van der Waals surface area (Å²) in [5, 5.41) is 4.26. The average Bonchev–Trinajstić information content (AvgIpc) is 3.10. The normalized spacial score (nSPS) is 11.0. The highest BCUT2D eigenvalue weighted by molar-refractivity contribution is 5.83. The van der Waals surface area contributed by atoms with Crippen LogP contribution >= 0.6 is 0 Å². The topological polar surface area (TPSA) is 49.8 Å². The van der Waals surface area contributed by atoms with Crippen LogP contribution in [-0.2, 0) is 17.8 Å². The van der Waals surface area contributed by atoms with Gasteiger partial charge in [-0.2, -0.15) is 0 Å². The second-order valence-corrected chi connectivity index (χ2v) is 5.98. The molecule has 0 unspecified atom stereocenters. The van der Waals surface area contributed by atoms with Gasteiger partial charge in [0.1, 0.15) is 0 Å². The molecular formula is C19H23N3O. The van der Waals surface area contributed by atoms with Crippen molar-refractivity contribution in [3.05, 3.63) is 59.5 Å². The highest BCUT2D eigenvalue weighted by Crippen LogP contribution is 2.17. The van der Waals surface area contributed by atoms with Crippen LogP contribution in [0, 0.1) is 13.8 Å². The fourth-order valence-electron chi connectivity index (χ4n) is 3.03. The van der Waals surface area contributed by atoms with E-state index in [1.165, 1.54) is 22.3 Å². The summed E-state index contributed by atoms with van der Waals surface area (Å²) in [7, 11) is 0. The molecule has 2 heterocycles. The SMILES string of the molecule is Cc1ccc(C)n1CCC(=O)NCCc1c[nH]c2ccccc12. The summed E-state index contributed by atoms with van der Waals surface area (Å²) in [5.74, 6) is 0.109. The maximum absolute atomic E-state index is 12.0. The molecule has 23 heavy (non-hydrogen) atoms. The number of aromatic amines is 1. The number of benzene rings is 1. The Morgan fingerprint density at radius 2 is 1.87 bits per heavy atom. The Hall–Kier alpha value is -2.49. The molecule has 0 aliphatic heterocycles. The summed E-state index contributed by atoms with van der Waals surface area (Å²) in [6, 6.07) is 12.4. The zero-order valence-electron chi connectivity index (χ0n) is 13.7. The van der Waals surface area contributed by atoms with Crippen LogP contribution in [0.1, 0.15) is 23.4 Å². The van der Waals surface area contributed by atoms with Gasteiger partial charge in [-0.1, -0.05) is 18.2 Å². The van der Waals surface area contributed by atoms with Crippen LogP contribution in [0.4, 0.5) is 0 Å². The standard InChI is InChI=1S/C19H23N3O/c1-14-7-8-15(2)22(14)12-10-19(23)20-11-9-16-13-21-18-6-4-3-5-17(16)18/h3-8,13,21H,9-12H2,1-2H3,(H,20,23). The van der Waals surface area contributed by atoms with Gasteiger partial charge in [-0.05, 0) is 44.0 Å². The average molecular weight is 309 g/mol. The number of carbonyl (C=O) groups excluding carboxylic acids is 1. The molecule has 0 atom stereocenters. The number of carbonyl (C=O) groups is 1. The molecule has 0 fully saturated rings. The number of amides is 1. The Morgan fingerprint density at radius 1 is 1.13 bits per heavy atom. The zero-order chi connectivity index (χ0) is 16.2. The number of fused-ring (bicyclic) bond motifs is 1. The first-order chi connectivity index (χ1) is 11.1. The number of hydrogen-bond donors (Lipinski definition) is 2. The van der Waals surface area contributed by atoms with E-state index in [0.29, 0.717) is 13.0 Å². The molecule has 3 aromatic rings. The number of rotatable bonds is 6. The van der Waals surface area contributed by atoms with E-state index < -0.39 is 0 Å². The lowest BCUT2D eigenvalue weighted by Crippen LogP contribution is -2.26. The van der Waals surface area contributed by atoms with Crippen molar-refractivity contribution in [2.24, 2.45) is 0 Å². The number of aryl methyl sites for hydroxylation is 2. The Morgan fingerprint density at radius 3 is 2.65 bits per heavy atom. The Bertz CT molecular complexity index is 793. The van der Waals surface area contributed by atoms with Crippen molar-refractivity contribution in [2.75, 3.05) is 6.54 Å². The van der Waals surface area contributed by atoms with Gasteiger partial charge in [0.05, 0.1) is 0 Å². The minimum Gasteiger partial charge on any atom is -0.361 e. The van der Waals surface area contributed by atoms with Crippen molar-refractivity contribution in [3.63, 3.8) is 0 Å². The predicted octanol–water partition coefficient (Wildman–Crippen LogP) is 3.34. The Labute approximate surface area is 136 Å². The van der Waals surface area contributed by atoms with Crippen molar-refractivity contribution < 1.29 is 4.79 Å². The second-order valence-electron chi connectivity index (χ2n) is 5.98. The monoisotopic (exact) mass is 309 g/mol. The number of H-pyrrole nitrogens is 1.